The van der Waals surface area contributed by atoms with Gasteiger partial charge in [0.25, 0.3) is 0 Å². The maximum Gasteiger partial charge on any atom is 0.319 e. The summed E-state index contributed by atoms with van der Waals surface area (Å²) < 4.78 is 4.64. The lowest BCUT2D eigenvalue weighted by Gasteiger charge is -2.31. The molecule has 13 heavy (non-hydrogen) atoms. The number of hydrogen-bond acceptors (Lipinski definition) is 4. The second-order valence-corrected chi connectivity index (χ2v) is 3.91. The van der Waals surface area contributed by atoms with Gasteiger partial charge in [0.15, 0.2) is 0 Å². The van der Waals surface area contributed by atoms with Gasteiger partial charge in [-0.2, -0.15) is 0 Å². The number of likely N-dealkylation sites (tertiary alicyclic amines) is 1. The predicted molar refractivity (Wildman–Crippen MR) is 48.4 cm³/mol. The molecule has 0 aromatic rings. The average Bonchev–Trinajstić information content (AvgIpc) is 2.46. The van der Waals surface area contributed by atoms with E-state index in [0.717, 1.165) is 13.1 Å². The molecule has 2 aliphatic rings. The Labute approximate surface area is 78.2 Å². The van der Waals surface area contributed by atoms with Gasteiger partial charge in [-0.05, 0) is 12.8 Å². The Morgan fingerprint density at radius 3 is 2.62 bits per heavy atom. The van der Waals surface area contributed by atoms with Crippen LogP contribution in [0.2, 0.25) is 0 Å². The molecular weight excluding hydrogens is 168 g/mol. The van der Waals surface area contributed by atoms with E-state index in [-0.39, 0.29) is 5.97 Å². The van der Waals surface area contributed by atoms with Gasteiger partial charge in [0.1, 0.15) is 0 Å². The highest BCUT2D eigenvalue weighted by atomic mass is 16.5. The Balaban J connectivity index is 1.85. The SMILES string of the molecule is COC(=O)CN1CC2CCC(C1)N2. The first kappa shape index (κ1) is 8.97. The summed E-state index contributed by atoms with van der Waals surface area (Å²) in [6.45, 7) is 2.43. The van der Waals surface area contributed by atoms with Crippen molar-refractivity contribution in [1.82, 2.24) is 10.2 Å². The van der Waals surface area contributed by atoms with Gasteiger partial charge < -0.3 is 10.1 Å². The second-order valence-electron chi connectivity index (χ2n) is 3.91. The van der Waals surface area contributed by atoms with Gasteiger partial charge in [0, 0.05) is 25.2 Å². The Bertz CT molecular complexity index is 196. The molecule has 2 rings (SSSR count). The number of ether oxygens (including phenoxy) is 1. The summed E-state index contributed by atoms with van der Waals surface area (Å²) in [5.41, 5.74) is 0. The minimum atomic E-state index is -0.124. The highest BCUT2D eigenvalue weighted by Crippen LogP contribution is 2.19. The highest BCUT2D eigenvalue weighted by Gasteiger charge is 2.32. The molecular formula is C9H16N2O2. The predicted octanol–water partition coefficient (Wildman–Crippen LogP) is -0.404. The van der Waals surface area contributed by atoms with Crippen LogP contribution in [0.15, 0.2) is 0 Å². The molecule has 0 amide bonds. The Morgan fingerprint density at radius 1 is 1.46 bits per heavy atom. The van der Waals surface area contributed by atoms with Crippen molar-refractivity contribution in [2.45, 2.75) is 24.9 Å². The van der Waals surface area contributed by atoms with E-state index < -0.39 is 0 Å². The molecule has 2 aliphatic heterocycles. The zero-order valence-electron chi connectivity index (χ0n) is 7.95. The van der Waals surface area contributed by atoms with Gasteiger partial charge >= 0.3 is 5.97 Å². The van der Waals surface area contributed by atoms with Crippen LogP contribution in [0.25, 0.3) is 0 Å². The van der Waals surface area contributed by atoms with Crippen LogP contribution >= 0.6 is 0 Å². The van der Waals surface area contributed by atoms with Crippen molar-refractivity contribution < 1.29 is 9.53 Å². The van der Waals surface area contributed by atoms with E-state index in [1.807, 2.05) is 0 Å². The number of piperazine rings is 1. The summed E-state index contributed by atoms with van der Waals surface area (Å²) in [7, 11) is 1.44. The standard InChI is InChI=1S/C9H16N2O2/c1-13-9(12)6-11-4-7-2-3-8(5-11)10-7/h7-8,10H,2-6H2,1H3. The highest BCUT2D eigenvalue weighted by molar-refractivity contribution is 5.71. The monoisotopic (exact) mass is 184 g/mol. The molecule has 0 aliphatic carbocycles. The molecule has 2 atom stereocenters. The number of esters is 1. The van der Waals surface area contributed by atoms with Crippen LogP contribution in [-0.4, -0.2) is 49.7 Å². The van der Waals surface area contributed by atoms with Gasteiger partial charge in [-0.25, -0.2) is 0 Å². The number of nitrogens with one attached hydrogen (secondary N) is 1. The summed E-state index contributed by atoms with van der Waals surface area (Å²) in [4.78, 5) is 13.2. The molecule has 4 heteroatoms. The van der Waals surface area contributed by atoms with Crippen LogP contribution < -0.4 is 5.32 Å². The molecule has 0 saturated carbocycles. The summed E-state index contributed by atoms with van der Waals surface area (Å²) in [6.07, 6.45) is 2.50. The molecule has 0 aromatic carbocycles. The van der Waals surface area contributed by atoms with Crippen LogP contribution in [0.5, 0.6) is 0 Å². The van der Waals surface area contributed by atoms with E-state index in [1.54, 1.807) is 0 Å². The first-order valence-electron chi connectivity index (χ1n) is 4.83. The molecule has 0 spiro atoms. The second kappa shape index (κ2) is 3.64. The summed E-state index contributed by atoms with van der Waals surface area (Å²) >= 11 is 0. The first-order chi connectivity index (χ1) is 6.28. The van der Waals surface area contributed by atoms with E-state index in [0.29, 0.717) is 18.6 Å². The maximum absolute atomic E-state index is 11.0. The fourth-order valence-corrected chi connectivity index (χ4v) is 2.26. The Kier molecular flexibility index (Phi) is 2.51. The van der Waals surface area contributed by atoms with Crippen LogP contribution in [0, 0.1) is 0 Å². The molecule has 2 saturated heterocycles. The number of carbonyl (C=O) groups excluding carboxylic acids is 1. The van der Waals surface area contributed by atoms with Crippen LogP contribution in [0.4, 0.5) is 0 Å². The lowest BCUT2D eigenvalue weighted by Crippen LogP contribution is -2.52. The summed E-state index contributed by atoms with van der Waals surface area (Å²) in [5, 5.41) is 3.52. The molecule has 2 fully saturated rings. The molecule has 4 nitrogen and oxygen atoms in total. The van der Waals surface area contributed by atoms with Crippen LogP contribution in [-0.2, 0) is 9.53 Å². The number of methoxy groups -OCH3 is 1. The van der Waals surface area contributed by atoms with Crippen LogP contribution in [0.1, 0.15) is 12.8 Å². The lowest BCUT2D eigenvalue weighted by atomic mass is 10.2. The van der Waals surface area contributed by atoms with Crippen molar-refractivity contribution in [2.24, 2.45) is 0 Å². The van der Waals surface area contributed by atoms with E-state index in [1.165, 1.54) is 20.0 Å². The summed E-state index contributed by atoms with van der Waals surface area (Å²) in [6, 6.07) is 1.20. The fraction of sp³-hybridized carbons (Fsp3) is 0.889. The van der Waals surface area contributed by atoms with E-state index in [2.05, 4.69) is 15.0 Å². The molecule has 2 unspecified atom stereocenters. The van der Waals surface area contributed by atoms with Gasteiger partial charge in [0.2, 0.25) is 0 Å². The molecule has 74 valence electrons. The molecule has 2 heterocycles. The van der Waals surface area contributed by atoms with Gasteiger partial charge in [-0.3, -0.25) is 9.69 Å². The minimum absolute atomic E-state index is 0.124. The number of hydrogen-bond donors (Lipinski definition) is 1. The fourth-order valence-electron chi connectivity index (χ4n) is 2.26. The molecule has 1 N–H and O–H groups in total. The third-order valence-corrected chi connectivity index (χ3v) is 2.87. The van der Waals surface area contributed by atoms with Crippen molar-refractivity contribution in [3.8, 4) is 0 Å². The Hall–Kier alpha value is -0.610. The van der Waals surface area contributed by atoms with Crippen molar-refractivity contribution in [3.05, 3.63) is 0 Å². The number of fused-ring (bicyclic) bond motifs is 2. The zero-order chi connectivity index (χ0) is 9.26. The lowest BCUT2D eigenvalue weighted by molar-refractivity contribution is -0.142. The van der Waals surface area contributed by atoms with E-state index in [4.69, 9.17) is 0 Å². The first-order valence-corrected chi connectivity index (χ1v) is 4.83. The maximum atomic E-state index is 11.0. The van der Waals surface area contributed by atoms with E-state index >= 15 is 0 Å². The zero-order valence-corrected chi connectivity index (χ0v) is 7.95. The molecule has 0 aromatic heterocycles. The van der Waals surface area contributed by atoms with Crippen molar-refractivity contribution in [3.63, 3.8) is 0 Å². The third-order valence-electron chi connectivity index (χ3n) is 2.87. The smallest absolute Gasteiger partial charge is 0.319 e. The Morgan fingerprint density at radius 2 is 2.08 bits per heavy atom. The normalized spacial score (nSPS) is 33.3. The molecule has 2 bridgehead atoms. The number of carbonyl (C=O) groups is 1. The number of nitrogens with zero attached hydrogens (tertiary/aromatic N) is 1. The van der Waals surface area contributed by atoms with Crippen LogP contribution in [0.3, 0.4) is 0 Å². The van der Waals surface area contributed by atoms with E-state index in [9.17, 15) is 4.79 Å². The van der Waals surface area contributed by atoms with Gasteiger partial charge in [-0.15, -0.1) is 0 Å². The number of rotatable bonds is 2. The quantitative estimate of drug-likeness (QED) is 0.593. The van der Waals surface area contributed by atoms with Crippen molar-refractivity contribution >= 4 is 5.97 Å². The van der Waals surface area contributed by atoms with Crippen molar-refractivity contribution in [1.29, 1.82) is 0 Å². The molecule has 0 radical (unpaired) electrons. The average molecular weight is 184 g/mol. The van der Waals surface area contributed by atoms with Gasteiger partial charge in [-0.1, -0.05) is 0 Å². The third kappa shape index (κ3) is 2.00. The van der Waals surface area contributed by atoms with Crippen molar-refractivity contribution in [2.75, 3.05) is 26.7 Å². The topological polar surface area (TPSA) is 41.6 Å². The van der Waals surface area contributed by atoms with Gasteiger partial charge in [0.05, 0.1) is 13.7 Å². The minimum Gasteiger partial charge on any atom is -0.468 e. The largest absolute Gasteiger partial charge is 0.468 e. The summed E-state index contributed by atoms with van der Waals surface area (Å²) in [5.74, 6) is -0.124.